The largest absolute Gasteiger partial charge is 0.464 e. The van der Waals surface area contributed by atoms with Gasteiger partial charge in [-0.3, -0.25) is 4.79 Å². The summed E-state index contributed by atoms with van der Waals surface area (Å²) < 4.78 is 5.70. The molecule has 2 heterocycles. The van der Waals surface area contributed by atoms with E-state index in [1.54, 1.807) is 6.26 Å². The van der Waals surface area contributed by atoms with Gasteiger partial charge < -0.3 is 9.32 Å². The molecule has 1 saturated heterocycles. The summed E-state index contributed by atoms with van der Waals surface area (Å²) in [5.41, 5.74) is 4.32. The predicted molar refractivity (Wildman–Crippen MR) is 84.4 cm³/mol. The first kappa shape index (κ1) is 14.2. The Bertz CT molecular complexity index is 671. The van der Waals surface area contributed by atoms with Gasteiger partial charge in [-0.25, -0.2) is 0 Å². The molecule has 1 aromatic carbocycles. The van der Waals surface area contributed by atoms with Crippen molar-refractivity contribution in [1.29, 1.82) is 0 Å². The number of aryl methyl sites for hydroxylation is 2. The molecule has 2 aromatic rings. The van der Waals surface area contributed by atoms with Crippen LogP contribution in [0.1, 0.15) is 42.9 Å². The van der Waals surface area contributed by atoms with E-state index in [-0.39, 0.29) is 5.91 Å². The van der Waals surface area contributed by atoms with Gasteiger partial charge in [0.15, 0.2) is 0 Å². The number of nitrogens with zero attached hydrogens (tertiary/aromatic N) is 1. The molecule has 0 spiro atoms. The fourth-order valence-electron chi connectivity index (χ4n) is 3.26. The predicted octanol–water partition coefficient (Wildman–Crippen LogP) is 3.99. The average molecular weight is 285 g/mol. The molecule has 1 aliphatic rings. The van der Waals surface area contributed by atoms with Crippen molar-refractivity contribution in [2.24, 2.45) is 0 Å². The number of furan rings is 1. The van der Waals surface area contributed by atoms with E-state index < -0.39 is 0 Å². The number of carbonyl (C=O) groups is 1. The summed E-state index contributed by atoms with van der Waals surface area (Å²) in [7, 11) is 0. The minimum atomic E-state index is 0.225. The van der Waals surface area contributed by atoms with Crippen molar-refractivity contribution in [2.45, 2.75) is 52.5 Å². The van der Waals surface area contributed by atoms with E-state index in [1.165, 1.54) is 12.0 Å². The number of piperidine rings is 1. The van der Waals surface area contributed by atoms with Crippen molar-refractivity contribution in [1.82, 2.24) is 4.90 Å². The normalized spacial score (nSPS) is 19.2. The van der Waals surface area contributed by atoms with E-state index in [4.69, 9.17) is 4.42 Å². The third kappa shape index (κ3) is 2.57. The van der Waals surface area contributed by atoms with Gasteiger partial charge in [-0.2, -0.15) is 0 Å². The van der Waals surface area contributed by atoms with Crippen molar-refractivity contribution in [2.75, 3.05) is 6.54 Å². The summed E-state index contributed by atoms with van der Waals surface area (Å²) in [6.07, 6.45) is 5.68. The average Bonchev–Trinajstić information content (AvgIpc) is 2.87. The van der Waals surface area contributed by atoms with Gasteiger partial charge in [0.05, 0.1) is 12.7 Å². The smallest absolute Gasteiger partial charge is 0.227 e. The molecule has 0 saturated carbocycles. The first-order chi connectivity index (χ1) is 10.1. The van der Waals surface area contributed by atoms with Gasteiger partial charge in [-0.15, -0.1) is 0 Å². The Morgan fingerprint density at radius 2 is 2.14 bits per heavy atom. The van der Waals surface area contributed by atoms with Crippen LogP contribution in [0.25, 0.3) is 11.0 Å². The van der Waals surface area contributed by atoms with Crippen LogP contribution in [0.2, 0.25) is 0 Å². The van der Waals surface area contributed by atoms with E-state index in [9.17, 15) is 4.79 Å². The third-order valence-corrected chi connectivity index (χ3v) is 4.81. The maximum absolute atomic E-state index is 12.6. The Labute approximate surface area is 125 Å². The number of rotatable bonds is 2. The first-order valence-corrected chi connectivity index (χ1v) is 7.83. The van der Waals surface area contributed by atoms with Crippen molar-refractivity contribution < 1.29 is 9.21 Å². The first-order valence-electron chi connectivity index (χ1n) is 7.83. The summed E-state index contributed by atoms with van der Waals surface area (Å²) in [5.74, 6) is 0.225. The quantitative estimate of drug-likeness (QED) is 0.836. The van der Waals surface area contributed by atoms with Crippen LogP contribution < -0.4 is 0 Å². The SMILES string of the molecule is Cc1ccc2c(CC(=O)N3CCCCC3C)coc2c1C. The molecule has 3 heteroatoms. The lowest BCUT2D eigenvalue weighted by molar-refractivity contribution is -0.133. The number of carbonyl (C=O) groups excluding carboxylic acids is 1. The number of amides is 1. The Balaban J connectivity index is 1.85. The number of hydrogen-bond donors (Lipinski definition) is 0. The molecule has 0 aliphatic carbocycles. The van der Waals surface area contributed by atoms with Crippen LogP contribution >= 0.6 is 0 Å². The Hall–Kier alpha value is -1.77. The van der Waals surface area contributed by atoms with E-state index >= 15 is 0 Å². The molecule has 1 atom stereocenters. The third-order valence-electron chi connectivity index (χ3n) is 4.81. The van der Waals surface area contributed by atoms with Gasteiger partial charge >= 0.3 is 0 Å². The second kappa shape index (κ2) is 5.55. The van der Waals surface area contributed by atoms with Gasteiger partial charge in [0.25, 0.3) is 0 Å². The van der Waals surface area contributed by atoms with Crippen LogP contribution in [-0.4, -0.2) is 23.4 Å². The van der Waals surface area contributed by atoms with Crippen LogP contribution in [0, 0.1) is 13.8 Å². The Morgan fingerprint density at radius 3 is 2.90 bits per heavy atom. The lowest BCUT2D eigenvalue weighted by Crippen LogP contribution is -2.42. The van der Waals surface area contributed by atoms with Crippen molar-refractivity contribution in [3.05, 3.63) is 35.1 Å². The van der Waals surface area contributed by atoms with Crippen molar-refractivity contribution in [3.63, 3.8) is 0 Å². The van der Waals surface area contributed by atoms with Crippen LogP contribution in [-0.2, 0) is 11.2 Å². The standard InChI is InChI=1S/C18H23NO2/c1-12-7-8-16-15(11-21-18(16)14(12)3)10-17(20)19-9-5-4-6-13(19)2/h7-8,11,13H,4-6,9-10H2,1-3H3. The highest BCUT2D eigenvalue weighted by Gasteiger charge is 2.24. The lowest BCUT2D eigenvalue weighted by atomic mass is 10.0. The van der Waals surface area contributed by atoms with Gasteiger partial charge in [0.2, 0.25) is 5.91 Å². The van der Waals surface area contributed by atoms with E-state index in [0.717, 1.165) is 41.5 Å². The fourth-order valence-corrected chi connectivity index (χ4v) is 3.26. The molecule has 0 N–H and O–H groups in total. The highest BCUT2D eigenvalue weighted by molar-refractivity contribution is 5.89. The highest BCUT2D eigenvalue weighted by Crippen LogP contribution is 2.27. The molecule has 3 rings (SSSR count). The topological polar surface area (TPSA) is 33.5 Å². The van der Waals surface area contributed by atoms with Crippen LogP contribution in [0.5, 0.6) is 0 Å². The summed E-state index contributed by atoms with van der Waals surface area (Å²) >= 11 is 0. The highest BCUT2D eigenvalue weighted by atomic mass is 16.3. The van der Waals surface area contributed by atoms with Gasteiger partial charge in [-0.1, -0.05) is 12.1 Å². The zero-order chi connectivity index (χ0) is 15.0. The minimum Gasteiger partial charge on any atom is -0.464 e. The van der Waals surface area contributed by atoms with E-state index in [1.807, 2.05) is 4.90 Å². The molecule has 112 valence electrons. The molecular weight excluding hydrogens is 262 g/mol. The van der Waals surface area contributed by atoms with E-state index in [2.05, 4.69) is 32.9 Å². The van der Waals surface area contributed by atoms with Crippen molar-refractivity contribution >= 4 is 16.9 Å². The van der Waals surface area contributed by atoms with E-state index in [0.29, 0.717) is 12.5 Å². The molecule has 3 nitrogen and oxygen atoms in total. The van der Waals surface area contributed by atoms with Crippen LogP contribution in [0.15, 0.2) is 22.8 Å². The summed E-state index contributed by atoms with van der Waals surface area (Å²) in [5, 5.41) is 1.08. The van der Waals surface area contributed by atoms with Crippen LogP contribution in [0.3, 0.4) is 0 Å². The summed E-state index contributed by atoms with van der Waals surface area (Å²) in [4.78, 5) is 14.6. The zero-order valence-corrected chi connectivity index (χ0v) is 13.1. The molecule has 1 fully saturated rings. The molecule has 1 amide bonds. The van der Waals surface area contributed by atoms with Gasteiger partial charge in [0, 0.05) is 23.5 Å². The fraction of sp³-hybridized carbons (Fsp3) is 0.500. The molecule has 1 aromatic heterocycles. The summed E-state index contributed by atoms with van der Waals surface area (Å²) in [6.45, 7) is 7.20. The number of fused-ring (bicyclic) bond motifs is 1. The number of hydrogen-bond acceptors (Lipinski definition) is 2. The zero-order valence-electron chi connectivity index (χ0n) is 13.1. The molecule has 1 unspecified atom stereocenters. The molecule has 0 radical (unpaired) electrons. The Morgan fingerprint density at radius 1 is 1.33 bits per heavy atom. The molecule has 0 bridgehead atoms. The molecular formula is C18H23NO2. The van der Waals surface area contributed by atoms with Gasteiger partial charge in [-0.05, 0) is 51.2 Å². The Kier molecular flexibility index (Phi) is 3.75. The number of likely N-dealkylation sites (tertiary alicyclic amines) is 1. The van der Waals surface area contributed by atoms with Gasteiger partial charge in [0.1, 0.15) is 5.58 Å². The molecule has 21 heavy (non-hydrogen) atoms. The maximum atomic E-state index is 12.6. The number of benzene rings is 1. The maximum Gasteiger partial charge on any atom is 0.227 e. The molecule has 1 aliphatic heterocycles. The van der Waals surface area contributed by atoms with Crippen molar-refractivity contribution in [3.8, 4) is 0 Å². The second-order valence-electron chi connectivity index (χ2n) is 6.25. The minimum absolute atomic E-state index is 0.225. The second-order valence-corrected chi connectivity index (χ2v) is 6.25. The summed E-state index contributed by atoms with van der Waals surface area (Å²) in [6, 6.07) is 4.54. The van der Waals surface area contributed by atoms with Crippen LogP contribution in [0.4, 0.5) is 0 Å². The lowest BCUT2D eigenvalue weighted by Gasteiger charge is -2.33. The monoisotopic (exact) mass is 285 g/mol.